The number of nitrogens with one attached hydrogen (secondary N) is 2. The lowest BCUT2D eigenvalue weighted by Gasteiger charge is -2.15. The van der Waals surface area contributed by atoms with Crippen LogP contribution in [0.5, 0.6) is 17.2 Å². The predicted molar refractivity (Wildman–Crippen MR) is 106 cm³/mol. The van der Waals surface area contributed by atoms with Gasteiger partial charge in [-0.15, -0.1) is 0 Å². The minimum Gasteiger partial charge on any atom is -0.508 e. The Morgan fingerprint density at radius 2 is 1.89 bits per heavy atom. The van der Waals surface area contributed by atoms with Gasteiger partial charge in [0.25, 0.3) is 5.91 Å². The van der Waals surface area contributed by atoms with Crippen molar-refractivity contribution in [2.45, 2.75) is 19.9 Å². The number of phenolic OH excluding ortho intramolecular Hbond substituents is 1. The summed E-state index contributed by atoms with van der Waals surface area (Å²) in [6.07, 6.45) is 1.38. The maximum absolute atomic E-state index is 12.4. The molecule has 0 fully saturated rings. The number of rotatable bonds is 7. The van der Waals surface area contributed by atoms with Gasteiger partial charge in [-0.05, 0) is 55.3 Å². The van der Waals surface area contributed by atoms with Crippen LogP contribution in [0.4, 0.5) is 5.69 Å². The van der Waals surface area contributed by atoms with Gasteiger partial charge in [-0.3, -0.25) is 4.79 Å². The van der Waals surface area contributed by atoms with Gasteiger partial charge >= 0.3 is 0 Å². The number of amides is 1. The van der Waals surface area contributed by atoms with Crippen LogP contribution in [0, 0.1) is 18.3 Å². The van der Waals surface area contributed by atoms with E-state index in [-0.39, 0.29) is 17.4 Å². The minimum absolute atomic E-state index is 0.0696. The summed E-state index contributed by atoms with van der Waals surface area (Å²) in [4.78, 5) is 12.4. The number of benzene rings is 2. The summed E-state index contributed by atoms with van der Waals surface area (Å²) in [6, 6.07) is 11.8. The van der Waals surface area contributed by atoms with Gasteiger partial charge in [0.05, 0.1) is 14.2 Å². The van der Waals surface area contributed by atoms with Gasteiger partial charge < -0.3 is 25.2 Å². The second-order valence-corrected chi connectivity index (χ2v) is 6.13. The standard InChI is InChI=1S/C21H23N3O4/c1-13-9-17(25)6-7-18(13)24-21(26)16(11-22)12-23-14(2)15-5-8-19(27-3)20(10-15)28-4/h5-10,12,14,23,25H,1-4H3,(H,24,26)/b16-12-. The van der Waals surface area contributed by atoms with Gasteiger partial charge in [0.1, 0.15) is 17.4 Å². The number of ether oxygens (including phenoxy) is 2. The van der Waals surface area contributed by atoms with Gasteiger partial charge in [0.2, 0.25) is 0 Å². The number of hydrogen-bond acceptors (Lipinski definition) is 6. The summed E-state index contributed by atoms with van der Waals surface area (Å²) in [7, 11) is 3.12. The second-order valence-electron chi connectivity index (χ2n) is 6.13. The fraction of sp³-hybridized carbons (Fsp3) is 0.238. The van der Waals surface area contributed by atoms with Crippen molar-refractivity contribution in [3.05, 3.63) is 59.3 Å². The molecular weight excluding hydrogens is 358 g/mol. The van der Waals surface area contributed by atoms with Crippen molar-refractivity contribution in [1.29, 1.82) is 5.26 Å². The van der Waals surface area contributed by atoms with Crippen LogP contribution in [0.1, 0.15) is 24.1 Å². The van der Waals surface area contributed by atoms with E-state index in [9.17, 15) is 15.2 Å². The van der Waals surface area contributed by atoms with Crippen LogP contribution < -0.4 is 20.1 Å². The molecule has 2 aromatic rings. The summed E-state index contributed by atoms with van der Waals surface area (Å²) in [5, 5.41) is 24.5. The first kappa shape index (κ1) is 20.6. The van der Waals surface area contributed by atoms with Crippen molar-refractivity contribution in [3.63, 3.8) is 0 Å². The first-order valence-electron chi connectivity index (χ1n) is 8.58. The zero-order valence-electron chi connectivity index (χ0n) is 16.2. The normalized spacial score (nSPS) is 11.9. The number of nitriles is 1. The smallest absolute Gasteiger partial charge is 0.267 e. The lowest BCUT2D eigenvalue weighted by atomic mass is 10.1. The monoisotopic (exact) mass is 381 g/mol. The van der Waals surface area contributed by atoms with Crippen molar-refractivity contribution in [1.82, 2.24) is 5.32 Å². The SMILES string of the molecule is COc1ccc(C(C)N/C=C(/C#N)C(=O)Nc2ccc(O)cc2C)cc1OC. The van der Waals surface area contributed by atoms with Crippen LogP contribution in [0.15, 0.2) is 48.2 Å². The highest BCUT2D eigenvalue weighted by Gasteiger charge is 2.13. The zero-order valence-corrected chi connectivity index (χ0v) is 16.2. The largest absolute Gasteiger partial charge is 0.508 e. The molecule has 0 spiro atoms. The molecular formula is C21H23N3O4. The van der Waals surface area contributed by atoms with Crippen LogP contribution >= 0.6 is 0 Å². The molecule has 7 heteroatoms. The highest BCUT2D eigenvalue weighted by atomic mass is 16.5. The zero-order chi connectivity index (χ0) is 20.7. The van der Waals surface area contributed by atoms with Crippen molar-refractivity contribution in [2.75, 3.05) is 19.5 Å². The highest BCUT2D eigenvalue weighted by Crippen LogP contribution is 2.30. The van der Waals surface area contributed by atoms with Crippen molar-refractivity contribution in [2.24, 2.45) is 0 Å². The number of aromatic hydroxyl groups is 1. The number of anilines is 1. The molecule has 0 saturated carbocycles. The van der Waals surface area contributed by atoms with Gasteiger partial charge in [-0.25, -0.2) is 0 Å². The van der Waals surface area contributed by atoms with Gasteiger partial charge in [0.15, 0.2) is 11.5 Å². The summed E-state index contributed by atoms with van der Waals surface area (Å²) >= 11 is 0. The van der Waals surface area contributed by atoms with E-state index in [0.717, 1.165) is 5.56 Å². The third-order valence-corrected chi connectivity index (χ3v) is 4.21. The minimum atomic E-state index is -0.539. The molecule has 146 valence electrons. The van der Waals surface area contributed by atoms with Crippen LogP contribution in [-0.4, -0.2) is 25.2 Å². The van der Waals surface area contributed by atoms with E-state index in [1.54, 1.807) is 33.3 Å². The van der Waals surface area contributed by atoms with Crippen LogP contribution in [0.3, 0.4) is 0 Å². The molecule has 1 unspecified atom stereocenters. The average molecular weight is 381 g/mol. The molecule has 0 saturated heterocycles. The van der Waals surface area contributed by atoms with E-state index in [2.05, 4.69) is 10.6 Å². The molecule has 2 aromatic carbocycles. The number of carbonyl (C=O) groups excluding carboxylic acids is 1. The molecule has 0 aromatic heterocycles. The number of methoxy groups -OCH3 is 2. The molecule has 2 rings (SSSR count). The van der Waals surface area contributed by atoms with E-state index >= 15 is 0 Å². The maximum atomic E-state index is 12.4. The Balaban J connectivity index is 2.11. The molecule has 0 radical (unpaired) electrons. The van der Waals surface area contributed by atoms with E-state index in [1.807, 2.05) is 25.1 Å². The Morgan fingerprint density at radius 1 is 1.18 bits per heavy atom. The van der Waals surface area contributed by atoms with Crippen LogP contribution in [-0.2, 0) is 4.79 Å². The van der Waals surface area contributed by atoms with Crippen molar-refractivity contribution in [3.8, 4) is 23.3 Å². The van der Waals surface area contributed by atoms with E-state index in [1.165, 1.54) is 18.3 Å². The highest BCUT2D eigenvalue weighted by molar-refractivity contribution is 6.06. The molecule has 7 nitrogen and oxygen atoms in total. The molecule has 28 heavy (non-hydrogen) atoms. The molecule has 1 atom stereocenters. The Kier molecular flexibility index (Phi) is 6.88. The first-order valence-corrected chi connectivity index (χ1v) is 8.58. The number of aryl methyl sites for hydroxylation is 1. The van der Waals surface area contributed by atoms with Crippen molar-refractivity contribution < 1.29 is 19.4 Å². The quantitative estimate of drug-likeness (QED) is 0.386. The lowest BCUT2D eigenvalue weighted by Crippen LogP contribution is -2.19. The Hall–Kier alpha value is -3.66. The van der Waals surface area contributed by atoms with Gasteiger partial charge in [0, 0.05) is 17.9 Å². The molecule has 0 aliphatic rings. The van der Waals surface area contributed by atoms with Crippen LogP contribution in [0.25, 0.3) is 0 Å². The first-order chi connectivity index (χ1) is 13.4. The summed E-state index contributed by atoms with van der Waals surface area (Å²) < 4.78 is 10.5. The number of hydrogen-bond donors (Lipinski definition) is 3. The fourth-order valence-corrected chi connectivity index (χ4v) is 2.55. The number of carbonyl (C=O) groups is 1. The summed E-state index contributed by atoms with van der Waals surface area (Å²) in [5.74, 6) is 0.786. The lowest BCUT2D eigenvalue weighted by molar-refractivity contribution is -0.112. The third kappa shape index (κ3) is 4.95. The van der Waals surface area contributed by atoms with E-state index in [0.29, 0.717) is 22.7 Å². The van der Waals surface area contributed by atoms with E-state index in [4.69, 9.17) is 9.47 Å². The Morgan fingerprint density at radius 3 is 2.50 bits per heavy atom. The third-order valence-electron chi connectivity index (χ3n) is 4.21. The summed E-state index contributed by atoms with van der Waals surface area (Å²) in [5.41, 5.74) is 2.05. The molecule has 0 aliphatic carbocycles. The topological polar surface area (TPSA) is 104 Å². The molecule has 0 bridgehead atoms. The molecule has 0 aliphatic heterocycles. The Labute approximate surface area is 164 Å². The number of phenols is 1. The predicted octanol–water partition coefficient (Wildman–Crippen LogP) is 3.41. The number of nitrogens with zero attached hydrogens (tertiary/aromatic N) is 1. The molecule has 0 heterocycles. The van der Waals surface area contributed by atoms with Crippen molar-refractivity contribution >= 4 is 11.6 Å². The average Bonchev–Trinajstić information content (AvgIpc) is 2.69. The molecule has 1 amide bonds. The van der Waals surface area contributed by atoms with Crippen LogP contribution in [0.2, 0.25) is 0 Å². The maximum Gasteiger partial charge on any atom is 0.267 e. The van der Waals surface area contributed by atoms with E-state index < -0.39 is 5.91 Å². The van der Waals surface area contributed by atoms with Gasteiger partial charge in [-0.1, -0.05) is 6.07 Å². The fourth-order valence-electron chi connectivity index (χ4n) is 2.55. The molecule has 3 N–H and O–H groups in total. The summed E-state index contributed by atoms with van der Waals surface area (Å²) in [6.45, 7) is 3.65. The van der Waals surface area contributed by atoms with Gasteiger partial charge in [-0.2, -0.15) is 5.26 Å². The second kappa shape index (κ2) is 9.33. The Bertz CT molecular complexity index is 932.